The van der Waals surface area contributed by atoms with E-state index in [0.717, 1.165) is 33.3 Å². The van der Waals surface area contributed by atoms with Gasteiger partial charge in [0.1, 0.15) is 5.69 Å². The molecule has 0 bridgehead atoms. The minimum absolute atomic E-state index is 0.717. The lowest BCUT2D eigenvalue weighted by atomic mass is 10.1. The largest absolute Gasteiger partial charge is 0.463 e. The summed E-state index contributed by atoms with van der Waals surface area (Å²) in [4.78, 5) is 5.96. The van der Waals surface area contributed by atoms with Gasteiger partial charge >= 0.3 is 0 Å². The van der Waals surface area contributed by atoms with E-state index in [1.807, 2.05) is 36.4 Å². The molecule has 4 heteroatoms. The third-order valence-corrected chi connectivity index (χ3v) is 4.72. The number of halogens is 1. The summed E-state index contributed by atoms with van der Waals surface area (Å²) < 4.78 is 5.52. The number of nitrogens with zero attached hydrogens (tertiary/aromatic N) is 1. The molecule has 3 aromatic heterocycles. The normalized spacial score (nSPS) is 10.8. The third kappa shape index (κ3) is 2.93. The van der Waals surface area contributed by atoms with E-state index in [1.165, 1.54) is 4.88 Å². The number of benzene rings is 1. The van der Waals surface area contributed by atoms with Crippen molar-refractivity contribution in [3.8, 4) is 33.2 Å². The van der Waals surface area contributed by atoms with Crippen LogP contribution in [0.2, 0.25) is 5.02 Å². The maximum atomic E-state index is 5.99. The molecule has 0 aliphatic heterocycles. The molecule has 0 aliphatic rings. The Hall–Kier alpha value is -2.36. The van der Waals surface area contributed by atoms with Gasteiger partial charge in [-0.2, -0.15) is 0 Å². The van der Waals surface area contributed by atoms with Gasteiger partial charge in [-0.25, -0.2) is 4.98 Å². The van der Waals surface area contributed by atoms with E-state index in [9.17, 15) is 0 Å². The Kier molecular flexibility index (Phi) is 3.74. The lowest BCUT2D eigenvalue weighted by molar-refractivity contribution is 0.580. The lowest BCUT2D eigenvalue weighted by Crippen LogP contribution is -1.89. The first-order valence-corrected chi connectivity index (χ1v) is 8.41. The summed E-state index contributed by atoms with van der Waals surface area (Å²) >= 11 is 7.70. The Balaban J connectivity index is 1.89. The van der Waals surface area contributed by atoms with Crippen LogP contribution in [0.25, 0.3) is 33.2 Å². The predicted octanol–water partition coefficient (Wildman–Crippen LogP) is 6.39. The number of hydrogen-bond acceptors (Lipinski definition) is 3. The highest BCUT2D eigenvalue weighted by Gasteiger charge is 2.10. The summed E-state index contributed by atoms with van der Waals surface area (Å²) in [5, 5.41) is 2.79. The van der Waals surface area contributed by atoms with E-state index in [1.54, 1.807) is 17.6 Å². The molecule has 0 atom stereocenters. The molecule has 3 heterocycles. The number of thiophene rings is 1. The summed E-state index contributed by atoms with van der Waals surface area (Å²) in [5.41, 5.74) is 3.89. The summed E-state index contributed by atoms with van der Waals surface area (Å²) in [6.45, 7) is 0. The molecule has 1 aromatic carbocycles. The minimum atomic E-state index is 0.717. The molecule has 4 aromatic rings. The van der Waals surface area contributed by atoms with E-state index in [2.05, 4.69) is 29.6 Å². The summed E-state index contributed by atoms with van der Waals surface area (Å²) in [6.07, 6.45) is 1.66. The second-order valence-electron chi connectivity index (χ2n) is 5.09. The molecular weight excluding hydrogens is 326 g/mol. The van der Waals surface area contributed by atoms with Crippen LogP contribution in [0.3, 0.4) is 0 Å². The summed E-state index contributed by atoms with van der Waals surface area (Å²) in [5.74, 6) is 0.763. The van der Waals surface area contributed by atoms with Gasteiger partial charge in [-0.3, -0.25) is 0 Å². The van der Waals surface area contributed by atoms with Gasteiger partial charge in [0, 0.05) is 15.5 Å². The molecule has 0 saturated carbocycles. The molecule has 0 aliphatic carbocycles. The van der Waals surface area contributed by atoms with E-state index in [-0.39, 0.29) is 0 Å². The molecular formula is C19H12ClNOS. The summed E-state index contributed by atoms with van der Waals surface area (Å²) in [7, 11) is 0. The van der Waals surface area contributed by atoms with Crippen molar-refractivity contribution >= 4 is 22.9 Å². The van der Waals surface area contributed by atoms with Gasteiger partial charge in [0.25, 0.3) is 0 Å². The number of furan rings is 1. The predicted molar refractivity (Wildman–Crippen MR) is 95.7 cm³/mol. The second kappa shape index (κ2) is 6.03. The molecule has 0 saturated heterocycles. The zero-order chi connectivity index (χ0) is 15.6. The molecule has 4 rings (SSSR count). The average molecular weight is 338 g/mol. The zero-order valence-electron chi connectivity index (χ0n) is 12.1. The molecule has 0 radical (unpaired) electrons. The monoisotopic (exact) mass is 337 g/mol. The van der Waals surface area contributed by atoms with Crippen LogP contribution in [0.1, 0.15) is 0 Å². The standard InChI is InChI=1S/C19H12ClNOS/c20-15-7-5-13(6-8-15)16-11-14(19-4-2-10-23-19)12-17(21-16)18-3-1-9-22-18/h1-12H. The SMILES string of the molecule is Clc1ccc(-c2cc(-c3cccs3)cc(-c3ccco3)n2)cc1. The van der Waals surface area contributed by atoms with Crippen LogP contribution in [0.5, 0.6) is 0 Å². The van der Waals surface area contributed by atoms with Crippen molar-refractivity contribution in [2.45, 2.75) is 0 Å². The molecule has 0 fully saturated rings. The van der Waals surface area contributed by atoms with Crippen LogP contribution >= 0.6 is 22.9 Å². The van der Waals surface area contributed by atoms with Crippen LogP contribution in [0.15, 0.2) is 76.7 Å². The average Bonchev–Trinajstić information content (AvgIpc) is 3.29. The number of pyridine rings is 1. The van der Waals surface area contributed by atoms with Gasteiger partial charge in [0.2, 0.25) is 0 Å². The first kappa shape index (κ1) is 14.2. The number of hydrogen-bond donors (Lipinski definition) is 0. The second-order valence-corrected chi connectivity index (χ2v) is 6.47. The van der Waals surface area contributed by atoms with Gasteiger partial charge in [-0.1, -0.05) is 29.8 Å². The van der Waals surface area contributed by atoms with Gasteiger partial charge in [0.05, 0.1) is 12.0 Å². The van der Waals surface area contributed by atoms with Gasteiger partial charge < -0.3 is 4.42 Å². The van der Waals surface area contributed by atoms with Crippen molar-refractivity contribution in [1.29, 1.82) is 0 Å². The van der Waals surface area contributed by atoms with Crippen molar-refractivity contribution in [2.75, 3.05) is 0 Å². The molecule has 0 unspecified atom stereocenters. The van der Waals surface area contributed by atoms with Crippen LogP contribution < -0.4 is 0 Å². The first-order valence-electron chi connectivity index (χ1n) is 7.15. The van der Waals surface area contributed by atoms with Crippen molar-refractivity contribution < 1.29 is 4.42 Å². The van der Waals surface area contributed by atoms with E-state index < -0.39 is 0 Å². The lowest BCUT2D eigenvalue weighted by Gasteiger charge is -2.07. The summed E-state index contributed by atoms with van der Waals surface area (Å²) in [6, 6.07) is 19.8. The maximum Gasteiger partial charge on any atom is 0.152 e. The molecule has 0 N–H and O–H groups in total. The fourth-order valence-corrected chi connectivity index (χ4v) is 3.28. The fourth-order valence-electron chi connectivity index (χ4n) is 2.43. The first-order chi connectivity index (χ1) is 11.3. The quantitative estimate of drug-likeness (QED) is 0.433. The minimum Gasteiger partial charge on any atom is -0.463 e. The Labute approximate surface area is 143 Å². The van der Waals surface area contributed by atoms with Crippen molar-refractivity contribution in [1.82, 2.24) is 4.98 Å². The topological polar surface area (TPSA) is 26.0 Å². The van der Waals surface area contributed by atoms with E-state index in [4.69, 9.17) is 21.0 Å². The van der Waals surface area contributed by atoms with Gasteiger partial charge in [0.15, 0.2) is 5.76 Å². The molecule has 0 amide bonds. The fraction of sp³-hybridized carbons (Fsp3) is 0. The Morgan fingerprint density at radius 2 is 1.70 bits per heavy atom. The third-order valence-electron chi connectivity index (χ3n) is 3.54. The molecule has 23 heavy (non-hydrogen) atoms. The Bertz CT molecular complexity index is 860. The van der Waals surface area contributed by atoms with Crippen LogP contribution in [-0.2, 0) is 0 Å². The van der Waals surface area contributed by atoms with Crippen molar-refractivity contribution in [3.63, 3.8) is 0 Å². The van der Waals surface area contributed by atoms with Crippen molar-refractivity contribution in [2.24, 2.45) is 0 Å². The smallest absolute Gasteiger partial charge is 0.152 e. The number of rotatable bonds is 3. The highest BCUT2D eigenvalue weighted by Crippen LogP contribution is 2.32. The molecule has 0 spiro atoms. The van der Waals surface area contributed by atoms with Gasteiger partial charge in [-0.05, 0) is 53.4 Å². The highest BCUT2D eigenvalue weighted by molar-refractivity contribution is 7.13. The van der Waals surface area contributed by atoms with E-state index >= 15 is 0 Å². The van der Waals surface area contributed by atoms with E-state index in [0.29, 0.717) is 0 Å². The Morgan fingerprint density at radius 1 is 0.870 bits per heavy atom. The number of aromatic nitrogens is 1. The highest BCUT2D eigenvalue weighted by atomic mass is 35.5. The van der Waals surface area contributed by atoms with Crippen LogP contribution in [0, 0.1) is 0 Å². The van der Waals surface area contributed by atoms with Crippen LogP contribution in [-0.4, -0.2) is 4.98 Å². The molecule has 112 valence electrons. The van der Waals surface area contributed by atoms with Crippen molar-refractivity contribution in [3.05, 3.63) is 77.3 Å². The van der Waals surface area contributed by atoms with Crippen LogP contribution in [0.4, 0.5) is 0 Å². The zero-order valence-corrected chi connectivity index (χ0v) is 13.6. The Morgan fingerprint density at radius 3 is 2.39 bits per heavy atom. The van der Waals surface area contributed by atoms with Gasteiger partial charge in [-0.15, -0.1) is 11.3 Å². The maximum absolute atomic E-state index is 5.99. The molecule has 2 nitrogen and oxygen atoms in total.